The van der Waals surface area contributed by atoms with Crippen molar-refractivity contribution >= 4 is 33.4 Å². The number of anilines is 1. The molecule has 2 aromatic heterocycles. The maximum atomic E-state index is 17.1. The molecule has 5 heterocycles. The van der Waals surface area contributed by atoms with Crippen molar-refractivity contribution in [1.82, 2.24) is 29.5 Å². The Labute approximate surface area is 300 Å². The lowest BCUT2D eigenvalue weighted by Crippen LogP contribution is -2.43. The number of phenols is 1. The Morgan fingerprint density at radius 3 is 2.66 bits per heavy atom. The van der Waals surface area contributed by atoms with E-state index < -0.39 is 46.5 Å². The molecule has 0 radical (unpaired) electrons. The van der Waals surface area contributed by atoms with Gasteiger partial charge in [0.15, 0.2) is 17.3 Å². The van der Waals surface area contributed by atoms with Gasteiger partial charge in [0.2, 0.25) is 0 Å². The van der Waals surface area contributed by atoms with E-state index in [-0.39, 0.29) is 101 Å². The lowest BCUT2D eigenvalue weighted by Gasteiger charge is -2.31. The molecular weight excluding hydrogens is 697 g/mol. The highest BCUT2D eigenvalue weighted by molar-refractivity contribution is 6.04. The van der Waals surface area contributed by atoms with Crippen molar-refractivity contribution in [3.63, 3.8) is 0 Å². The number of fused-ring (bicyclic) bond motifs is 4. The third kappa shape index (κ3) is 5.67. The van der Waals surface area contributed by atoms with E-state index in [4.69, 9.17) is 11.2 Å². The Morgan fingerprint density at radius 2 is 1.89 bits per heavy atom. The summed E-state index contributed by atoms with van der Waals surface area (Å²) in [4.78, 5) is 26.6. The molecule has 5 aromatic rings. The van der Waals surface area contributed by atoms with Crippen molar-refractivity contribution in [2.24, 2.45) is 0 Å². The number of aromatic hydroxyl groups is 1. The highest BCUT2D eigenvalue weighted by atomic mass is 19.1. The lowest BCUT2D eigenvalue weighted by molar-refractivity contribution is 0.0816. The number of carbonyl (C=O) groups is 1. The van der Waals surface area contributed by atoms with Crippen LogP contribution in [0.2, 0.25) is 0 Å². The number of alkyl halides is 1. The monoisotopic (exact) mass is 731 g/mol. The van der Waals surface area contributed by atoms with Gasteiger partial charge in [0.25, 0.3) is 5.91 Å². The van der Waals surface area contributed by atoms with Crippen molar-refractivity contribution in [3.05, 3.63) is 70.6 Å². The van der Waals surface area contributed by atoms with Crippen molar-refractivity contribution in [2.45, 2.75) is 50.5 Å². The van der Waals surface area contributed by atoms with Crippen LogP contribution in [0.5, 0.6) is 11.8 Å². The predicted molar refractivity (Wildman–Crippen MR) is 186 cm³/mol. The average Bonchev–Trinajstić information content (AvgIpc) is 3.69. The van der Waals surface area contributed by atoms with Crippen LogP contribution in [0.3, 0.4) is 0 Å². The minimum atomic E-state index is -1.16. The molecular formula is C38H34F5N7O3. The Bertz CT molecular complexity index is 2380. The molecule has 1 N–H and O–H groups in total. The van der Waals surface area contributed by atoms with E-state index in [2.05, 4.69) is 21.0 Å². The normalized spacial score (nSPS) is 20.0. The summed E-state index contributed by atoms with van der Waals surface area (Å²) in [6.07, 6.45) is 6.79. The Morgan fingerprint density at radius 1 is 1.08 bits per heavy atom. The van der Waals surface area contributed by atoms with Crippen molar-refractivity contribution in [1.29, 1.82) is 0 Å². The summed E-state index contributed by atoms with van der Waals surface area (Å²) in [5.41, 5.74) is -2.32. The van der Waals surface area contributed by atoms with Gasteiger partial charge in [-0.2, -0.15) is 15.1 Å². The number of halogens is 5. The number of ether oxygens (including phenoxy) is 1. The molecule has 3 aliphatic rings. The topological polar surface area (TPSA) is 99.9 Å². The molecule has 15 heteroatoms. The van der Waals surface area contributed by atoms with E-state index in [1.807, 2.05) is 4.90 Å². The van der Waals surface area contributed by atoms with Crippen molar-refractivity contribution in [3.8, 4) is 35.2 Å². The maximum absolute atomic E-state index is 17.1. The number of nitrogens with zero attached hydrogens (tertiary/aromatic N) is 7. The smallest absolute Gasteiger partial charge is 0.319 e. The number of aromatic nitrogens is 4. The van der Waals surface area contributed by atoms with Gasteiger partial charge in [0, 0.05) is 56.5 Å². The van der Waals surface area contributed by atoms with Crippen LogP contribution in [0.1, 0.15) is 47.4 Å². The highest BCUT2D eigenvalue weighted by Gasteiger charge is 2.49. The van der Waals surface area contributed by atoms with Gasteiger partial charge < -0.3 is 19.6 Å². The molecule has 2 fully saturated rings. The Hall–Kier alpha value is -5.49. The SMILES string of the molecule is C#Cc1c(F)ccc2cc(O)cc(-c3c(F)cc4c(N5CCCn6nc(C(=O)N(C)C)c(F)c6C5)nc(OC[C@@]56CCCN5C[C@H](F)C6)nc4c3F)c12. The molecule has 0 aliphatic carbocycles. The maximum Gasteiger partial charge on any atom is 0.319 e. The zero-order valence-corrected chi connectivity index (χ0v) is 28.9. The summed E-state index contributed by atoms with van der Waals surface area (Å²) in [5, 5.41) is 15.0. The van der Waals surface area contributed by atoms with Crippen LogP contribution in [0.15, 0.2) is 30.3 Å². The van der Waals surface area contributed by atoms with Crippen molar-refractivity contribution < 1.29 is 36.6 Å². The van der Waals surface area contributed by atoms with Gasteiger partial charge in [-0.1, -0.05) is 12.0 Å². The van der Waals surface area contributed by atoms with Gasteiger partial charge >= 0.3 is 6.01 Å². The summed E-state index contributed by atoms with van der Waals surface area (Å²) in [7, 11) is 2.97. The van der Waals surface area contributed by atoms with Crippen LogP contribution in [0.4, 0.5) is 27.8 Å². The first-order valence-corrected chi connectivity index (χ1v) is 17.2. The molecule has 0 unspecified atom stereocenters. The summed E-state index contributed by atoms with van der Waals surface area (Å²) in [5.74, 6) is -2.54. The molecule has 2 saturated heterocycles. The van der Waals surface area contributed by atoms with Gasteiger partial charge in [0.05, 0.1) is 28.9 Å². The zero-order valence-electron chi connectivity index (χ0n) is 28.9. The van der Waals surface area contributed by atoms with E-state index in [1.165, 1.54) is 35.8 Å². The van der Waals surface area contributed by atoms with Crippen LogP contribution in [0.25, 0.3) is 32.8 Å². The van der Waals surface area contributed by atoms with Gasteiger partial charge in [-0.15, -0.1) is 6.42 Å². The molecule has 0 saturated carbocycles. The van der Waals surface area contributed by atoms with Crippen LogP contribution in [-0.4, -0.2) is 92.6 Å². The predicted octanol–water partition coefficient (Wildman–Crippen LogP) is 5.96. The summed E-state index contributed by atoms with van der Waals surface area (Å²) < 4.78 is 86.5. The van der Waals surface area contributed by atoms with Gasteiger partial charge in [-0.3, -0.25) is 14.4 Å². The first kappa shape index (κ1) is 34.6. The van der Waals surface area contributed by atoms with E-state index in [1.54, 1.807) is 4.90 Å². The number of aryl methyl sites for hydroxylation is 1. The molecule has 10 nitrogen and oxygen atoms in total. The number of hydrogen-bond donors (Lipinski definition) is 1. The van der Waals surface area contributed by atoms with Crippen LogP contribution >= 0.6 is 0 Å². The number of benzene rings is 3. The number of hydrogen-bond acceptors (Lipinski definition) is 8. The molecule has 0 spiro atoms. The van der Waals surface area contributed by atoms with E-state index in [0.717, 1.165) is 24.6 Å². The molecule has 3 aromatic carbocycles. The second-order valence-corrected chi connectivity index (χ2v) is 14.1. The largest absolute Gasteiger partial charge is 0.508 e. The van der Waals surface area contributed by atoms with E-state index in [9.17, 15) is 18.7 Å². The minimum Gasteiger partial charge on any atom is -0.508 e. The fraction of sp³-hybridized carbons (Fsp3) is 0.368. The minimum absolute atomic E-state index is 0.00739. The third-order valence-corrected chi connectivity index (χ3v) is 10.6. The molecule has 53 heavy (non-hydrogen) atoms. The second-order valence-electron chi connectivity index (χ2n) is 14.1. The van der Waals surface area contributed by atoms with E-state index in [0.29, 0.717) is 19.4 Å². The molecule has 8 rings (SSSR count). The van der Waals surface area contributed by atoms with Crippen LogP contribution in [-0.2, 0) is 13.1 Å². The third-order valence-electron chi connectivity index (χ3n) is 10.6. The summed E-state index contributed by atoms with van der Waals surface area (Å²) in [6.45, 7) is 1.32. The van der Waals surface area contributed by atoms with Gasteiger partial charge in [0.1, 0.15) is 41.5 Å². The Kier molecular flexibility index (Phi) is 8.40. The van der Waals surface area contributed by atoms with Crippen molar-refractivity contribution in [2.75, 3.05) is 45.2 Å². The number of phenolic OH excluding ortho intramolecular Hbond substituents is 1. The summed E-state index contributed by atoms with van der Waals surface area (Å²) >= 11 is 0. The van der Waals surface area contributed by atoms with Crippen LogP contribution in [0, 0.1) is 35.6 Å². The number of amides is 1. The molecule has 0 bridgehead atoms. The number of rotatable bonds is 6. The van der Waals surface area contributed by atoms with Gasteiger partial charge in [-0.05, 0) is 55.5 Å². The summed E-state index contributed by atoms with van der Waals surface area (Å²) in [6, 6.07) is 5.61. The lowest BCUT2D eigenvalue weighted by atomic mass is 9.92. The second kappa shape index (κ2) is 12.9. The number of terminal acetylenes is 1. The highest BCUT2D eigenvalue weighted by Crippen LogP contribution is 2.43. The zero-order chi connectivity index (χ0) is 37.3. The number of carbonyl (C=O) groups excluding carboxylic acids is 1. The molecule has 1 amide bonds. The van der Waals surface area contributed by atoms with Crippen LogP contribution < -0.4 is 9.64 Å². The Balaban J connectivity index is 1.30. The quantitative estimate of drug-likeness (QED) is 0.169. The first-order valence-electron chi connectivity index (χ1n) is 17.2. The van der Waals surface area contributed by atoms with E-state index >= 15 is 13.2 Å². The first-order chi connectivity index (χ1) is 25.4. The molecule has 2 atom stereocenters. The van der Waals surface area contributed by atoms with Gasteiger partial charge in [-0.25, -0.2) is 22.0 Å². The average molecular weight is 732 g/mol. The fourth-order valence-electron chi connectivity index (χ4n) is 8.13. The fourth-order valence-corrected chi connectivity index (χ4v) is 8.13. The standard InChI is InChI=1S/C38H34F5N7O3/c1-4-23-26(40)8-7-20-13-22(51)14-24(29(20)23)30-27(41)15-25-33(32(30)43)44-37(53-19-38-9-5-11-49(38)17-21(39)16-38)45-35(25)48-10-6-12-50-28(18-48)31(42)34(46-50)36(52)47(2)3/h1,7-8,13-15,21,51H,5-6,9-12,16-19H2,2-3H3/t21-,38+/m1/s1. The molecule has 3 aliphatic heterocycles. The molecule has 274 valence electrons.